The standard InChI is InChI=1S/C12H16N2O4S/c1-8(7-15)19-9(2)12(16)13-10-5-3-4-6-11(10)14(17)18/h3-6,8-9,15H,7H2,1-2H3,(H,13,16). The van der Waals surface area contributed by atoms with Gasteiger partial charge in [0.1, 0.15) is 5.69 Å². The zero-order valence-corrected chi connectivity index (χ0v) is 11.5. The van der Waals surface area contributed by atoms with Gasteiger partial charge in [0.2, 0.25) is 5.91 Å². The van der Waals surface area contributed by atoms with Gasteiger partial charge in [0.15, 0.2) is 0 Å². The average Bonchev–Trinajstić information content (AvgIpc) is 2.38. The molecular formula is C12H16N2O4S. The van der Waals surface area contributed by atoms with Crippen molar-refractivity contribution in [2.24, 2.45) is 0 Å². The summed E-state index contributed by atoms with van der Waals surface area (Å²) < 4.78 is 0. The topological polar surface area (TPSA) is 92.5 Å². The third-order valence-corrected chi connectivity index (χ3v) is 3.66. The van der Waals surface area contributed by atoms with Crippen LogP contribution in [-0.2, 0) is 4.79 Å². The molecule has 0 aliphatic heterocycles. The number of amides is 1. The molecule has 2 atom stereocenters. The molecule has 0 bridgehead atoms. The van der Waals surface area contributed by atoms with Crippen LogP contribution in [0, 0.1) is 10.1 Å². The first kappa shape index (κ1) is 15.5. The molecule has 1 amide bonds. The van der Waals surface area contributed by atoms with Crippen LogP contribution in [0.5, 0.6) is 0 Å². The Balaban J connectivity index is 2.74. The van der Waals surface area contributed by atoms with Crippen LogP contribution in [-0.4, -0.2) is 33.0 Å². The summed E-state index contributed by atoms with van der Waals surface area (Å²) in [4.78, 5) is 22.2. The molecule has 7 heteroatoms. The summed E-state index contributed by atoms with van der Waals surface area (Å²) in [6.45, 7) is 3.48. The largest absolute Gasteiger partial charge is 0.395 e. The van der Waals surface area contributed by atoms with Crippen LogP contribution in [0.3, 0.4) is 0 Å². The fraction of sp³-hybridized carbons (Fsp3) is 0.417. The SMILES string of the molecule is CC(CO)SC(C)C(=O)Nc1ccccc1[N+](=O)[O-]. The molecule has 0 aromatic heterocycles. The molecule has 0 spiro atoms. The van der Waals surface area contributed by atoms with E-state index >= 15 is 0 Å². The van der Waals surface area contributed by atoms with Crippen LogP contribution >= 0.6 is 11.8 Å². The summed E-state index contributed by atoms with van der Waals surface area (Å²) in [5, 5.41) is 21.8. The molecule has 1 aromatic rings. The number of thioether (sulfide) groups is 1. The first-order chi connectivity index (χ1) is 8.95. The number of para-hydroxylation sites is 2. The number of anilines is 1. The number of nitro benzene ring substituents is 1. The van der Waals surface area contributed by atoms with Gasteiger partial charge in [0, 0.05) is 11.3 Å². The van der Waals surface area contributed by atoms with Crippen molar-refractivity contribution in [3.63, 3.8) is 0 Å². The third-order valence-electron chi connectivity index (χ3n) is 2.42. The number of rotatable bonds is 6. The van der Waals surface area contributed by atoms with Crippen molar-refractivity contribution in [2.45, 2.75) is 24.3 Å². The number of carbonyl (C=O) groups is 1. The predicted molar refractivity (Wildman–Crippen MR) is 75.3 cm³/mol. The molecule has 104 valence electrons. The molecule has 0 aliphatic carbocycles. The van der Waals surface area contributed by atoms with Crippen LogP contribution in [0.4, 0.5) is 11.4 Å². The molecule has 0 saturated carbocycles. The molecule has 19 heavy (non-hydrogen) atoms. The number of hydrogen-bond acceptors (Lipinski definition) is 5. The molecule has 0 saturated heterocycles. The van der Waals surface area contributed by atoms with Gasteiger partial charge in [-0.05, 0) is 13.0 Å². The van der Waals surface area contributed by atoms with Crippen LogP contribution in [0.1, 0.15) is 13.8 Å². The van der Waals surface area contributed by atoms with Gasteiger partial charge in [-0.1, -0.05) is 19.1 Å². The Morgan fingerprint density at radius 1 is 1.47 bits per heavy atom. The summed E-state index contributed by atoms with van der Waals surface area (Å²) in [5.74, 6) is -0.320. The highest BCUT2D eigenvalue weighted by Crippen LogP contribution is 2.25. The second-order valence-corrected chi connectivity index (χ2v) is 5.82. The second-order valence-electron chi connectivity index (χ2n) is 4.04. The molecule has 0 aliphatic rings. The molecular weight excluding hydrogens is 268 g/mol. The van der Waals surface area contributed by atoms with Gasteiger partial charge in [-0.15, -0.1) is 11.8 Å². The number of nitrogens with zero attached hydrogens (tertiary/aromatic N) is 1. The molecule has 0 fully saturated rings. The maximum atomic E-state index is 11.9. The average molecular weight is 284 g/mol. The second kappa shape index (κ2) is 7.10. The first-order valence-corrected chi connectivity index (χ1v) is 6.70. The number of aliphatic hydroxyl groups is 1. The summed E-state index contributed by atoms with van der Waals surface area (Å²) in [5.41, 5.74) is 0.0462. The summed E-state index contributed by atoms with van der Waals surface area (Å²) in [6.07, 6.45) is 0. The number of aliphatic hydroxyl groups excluding tert-OH is 1. The van der Waals surface area contributed by atoms with E-state index in [4.69, 9.17) is 5.11 Å². The van der Waals surface area contributed by atoms with E-state index in [0.29, 0.717) is 0 Å². The highest BCUT2D eigenvalue weighted by atomic mass is 32.2. The lowest BCUT2D eigenvalue weighted by Crippen LogP contribution is -2.25. The highest BCUT2D eigenvalue weighted by molar-refractivity contribution is 8.01. The van der Waals surface area contributed by atoms with Gasteiger partial charge >= 0.3 is 0 Å². The lowest BCUT2D eigenvalue weighted by molar-refractivity contribution is -0.383. The molecule has 1 rings (SSSR count). The number of nitro groups is 1. The Kier molecular flexibility index (Phi) is 5.78. The summed E-state index contributed by atoms with van der Waals surface area (Å²) >= 11 is 1.31. The Morgan fingerprint density at radius 3 is 2.68 bits per heavy atom. The lowest BCUT2D eigenvalue weighted by atomic mass is 10.2. The van der Waals surface area contributed by atoms with Gasteiger partial charge in [0.25, 0.3) is 5.69 Å². The Morgan fingerprint density at radius 2 is 2.11 bits per heavy atom. The highest BCUT2D eigenvalue weighted by Gasteiger charge is 2.20. The molecule has 0 heterocycles. The Labute approximate surface area is 115 Å². The van der Waals surface area contributed by atoms with Crippen molar-refractivity contribution in [2.75, 3.05) is 11.9 Å². The van der Waals surface area contributed by atoms with Crippen LogP contribution in [0.25, 0.3) is 0 Å². The zero-order chi connectivity index (χ0) is 14.4. The van der Waals surface area contributed by atoms with Crippen molar-refractivity contribution in [3.8, 4) is 0 Å². The van der Waals surface area contributed by atoms with Crippen LogP contribution in [0.2, 0.25) is 0 Å². The molecule has 1 aromatic carbocycles. The molecule has 2 N–H and O–H groups in total. The van der Waals surface area contributed by atoms with E-state index in [0.717, 1.165) is 0 Å². The minimum absolute atomic E-state index is 0.0201. The zero-order valence-electron chi connectivity index (χ0n) is 10.7. The van der Waals surface area contributed by atoms with Crippen LogP contribution < -0.4 is 5.32 Å². The third kappa shape index (κ3) is 4.53. The minimum atomic E-state index is -0.538. The van der Waals surface area contributed by atoms with E-state index in [2.05, 4.69) is 5.32 Å². The van der Waals surface area contributed by atoms with Gasteiger partial charge in [-0.3, -0.25) is 14.9 Å². The van der Waals surface area contributed by atoms with E-state index in [1.54, 1.807) is 26.0 Å². The minimum Gasteiger partial charge on any atom is -0.395 e. The monoisotopic (exact) mass is 284 g/mol. The van der Waals surface area contributed by atoms with Crippen molar-refractivity contribution < 1.29 is 14.8 Å². The number of benzene rings is 1. The molecule has 0 radical (unpaired) electrons. The fourth-order valence-corrected chi connectivity index (χ4v) is 2.39. The summed E-state index contributed by atoms with van der Waals surface area (Å²) in [7, 11) is 0. The van der Waals surface area contributed by atoms with Crippen molar-refractivity contribution in [1.29, 1.82) is 0 Å². The van der Waals surface area contributed by atoms with Crippen molar-refractivity contribution in [1.82, 2.24) is 0 Å². The van der Waals surface area contributed by atoms with Gasteiger partial charge in [-0.2, -0.15) is 0 Å². The van der Waals surface area contributed by atoms with E-state index < -0.39 is 10.2 Å². The van der Waals surface area contributed by atoms with Crippen LogP contribution in [0.15, 0.2) is 24.3 Å². The Bertz CT molecular complexity index is 467. The predicted octanol–water partition coefficient (Wildman–Crippen LogP) is 2.04. The van der Waals surface area contributed by atoms with E-state index in [1.165, 1.54) is 23.9 Å². The van der Waals surface area contributed by atoms with Crippen molar-refractivity contribution >= 4 is 29.0 Å². The fourth-order valence-electron chi connectivity index (χ4n) is 1.43. The normalized spacial score (nSPS) is 13.6. The smallest absolute Gasteiger partial charge is 0.292 e. The van der Waals surface area contributed by atoms with E-state index in [-0.39, 0.29) is 29.1 Å². The van der Waals surface area contributed by atoms with Crippen molar-refractivity contribution in [3.05, 3.63) is 34.4 Å². The number of carbonyl (C=O) groups excluding carboxylic acids is 1. The maximum absolute atomic E-state index is 11.9. The lowest BCUT2D eigenvalue weighted by Gasteiger charge is -2.15. The Hall–Kier alpha value is -1.60. The van der Waals surface area contributed by atoms with E-state index in [9.17, 15) is 14.9 Å². The maximum Gasteiger partial charge on any atom is 0.292 e. The van der Waals surface area contributed by atoms with Gasteiger partial charge < -0.3 is 10.4 Å². The van der Waals surface area contributed by atoms with Gasteiger partial charge in [-0.25, -0.2) is 0 Å². The molecule has 6 nitrogen and oxygen atoms in total. The van der Waals surface area contributed by atoms with E-state index in [1.807, 2.05) is 0 Å². The first-order valence-electron chi connectivity index (χ1n) is 5.76. The number of hydrogen-bond donors (Lipinski definition) is 2. The number of nitrogens with one attached hydrogen (secondary N) is 1. The quantitative estimate of drug-likeness (QED) is 0.616. The molecule has 2 unspecified atom stereocenters. The van der Waals surface area contributed by atoms with Gasteiger partial charge in [0.05, 0.1) is 16.8 Å². The summed E-state index contributed by atoms with van der Waals surface area (Å²) in [6, 6.07) is 5.99.